The van der Waals surface area contributed by atoms with Crippen molar-refractivity contribution in [3.8, 4) is 0 Å². The molecule has 28 heavy (non-hydrogen) atoms. The van der Waals surface area contributed by atoms with Gasteiger partial charge in [-0.15, -0.1) is 0 Å². The molecule has 9 heteroatoms. The number of carboxylic acids is 1. The SMILES string of the molecule is CC.CC(=O)c1c(F)c(F)c(C(=O)O)c(F)c1F.CC(C)C(=O)OC(C)(C)C. The first kappa shape index (κ1) is 27.8. The van der Waals surface area contributed by atoms with Gasteiger partial charge in [-0.3, -0.25) is 9.59 Å². The van der Waals surface area contributed by atoms with Gasteiger partial charge >= 0.3 is 11.9 Å². The first-order valence-electron chi connectivity index (χ1n) is 8.44. The van der Waals surface area contributed by atoms with Crippen LogP contribution in [0.15, 0.2) is 0 Å². The minimum Gasteiger partial charge on any atom is -0.477 e. The summed E-state index contributed by atoms with van der Waals surface area (Å²) < 4.78 is 57.2. The third-order valence-corrected chi connectivity index (χ3v) is 2.71. The minimum atomic E-state index is -2.16. The summed E-state index contributed by atoms with van der Waals surface area (Å²) in [7, 11) is 0. The Labute approximate surface area is 161 Å². The van der Waals surface area contributed by atoms with Gasteiger partial charge in [0.2, 0.25) is 0 Å². The summed E-state index contributed by atoms with van der Waals surface area (Å²) in [6.07, 6.45) is 0. The Balaban J connectivity index is 0. The van der Waals surface area contributed by atoms with Gasteiger partial charge < -0.3 is 9.84 Å². The number of carbonyl (C=O) groups excluding carboxylic acids is 2. The smallest absolute Gasteiger partial charge is 0.341 e. The van der Waals surface area contributed by atoms with Crippen molar-refractivity contribution in [1.29, 1.82) is 0 Å². The van der Waals surface area contributed by atoms with Gasteiger partial charge in [-0.05, 0) is 27.7 Å². The van der Waals surface area contributed by atoms with Crippen molar-refractivity contribution < 1.29 is 41.8 Å². The van der Waals surface area contributed by atoms with Crippen molar-refractivity contribution in [3.63, 3.8) is 0 Å². The van der Waals surface area contributed by atoms with E-state index in [1.165, 1.54) is 0 Å². The van der Waals surface area contributed by atoms with E-state index in [9.17, 15) is 31.9 Å². The van der Waals surface area contributed by atoms with Crippen LogP contribution in [0.1, 0.15) is 76.1 Å². The molecule has 0 heterocycles. The summed E-state index contributed by atoms with van der Waals surface area (Å²) in [5, 5.41) is 8.33. The maximum atomic E-state index is 13.0. The number of carboxylic acid groups (broad SMARTS) is 1. The van der Waals surface area contributed by atoms with Gasteiger partial charge in [0.05, 0.1) is 11.5 Å². The van der Waals surface area contributed by atoms with E-state index in [1.54, 1.807) is 0 Å². The number of hydrogen-bond donors (Lipinski definition) is 1. The summed E-state index contributed by atoms with van der Waals surface area (Å²) >= 11 is 0. The van der Waals surface area contributed by atoms with E-state index in [2.05, 4.69) is 0 Å². The van der Waals surface area contributed by atoms with Crippen molar-refractivity contribution in [2.75, 3.05) is 0 Å². The minimum absolute atomic E-state index is 0.0285. The van der Waals surface area contributed by atoms with E-state index in [-0.39, 0.29) is 17.5 Å². The highest BCUT2D eigenvalue weighted by molar-refractivity contribution is 5.96. The van der Waals surface area contributed by atoms with Crippen LogP contribution in [-0.2, 0) is 9.53 Å². The second-order valence-electron chi connectivity index (χ2n) is 6.56. The van der Waals surface area contributed by atoms with Crippen LogP contribution in [0.3, 0.4) is 0 Å². The molecule has 0 bridgehead atoms. The van der Waals surface area contributed by atoms with E-state index in [0.717, 1.165) is 0 Å². The van der Waals surface area contributed by atoms with E-state index < -0.39 is 46.1 Å². The van der Waals surface area contributed by atoms with Gasteiger partial charge in [0.1, 0.15) is 11.2 Å². The van der Waals surface area contributed by atoms with E-state index in [0.29, 0.717) is 6.92 Å². The maximum Gasteiger partial charge on any atom is 0.341 e. The molecule has 160 valence electrons. The van der Waals surface area contributed by atoms with Crippen LogP contribution in [0.5, 0.6) is 0 Å². The zero-order valence-electron chi connectivity index (χ0n) is 17.2. The average Bonchev–Trinajstić information content (AvgIpc) is 2.53. The molecule has 0 fully saturated rings. The molecule has 0 atom stereocenters. The highest BCUT2D eigenvalue weighted by Crippen LogP contribution is 2.24. The monoisotopic (exact) mass is 410 g/mol. The average molecular weight is 410 g/mol. The topological polar surface area (TPSA) is 80.7 Å². The third kappa shape index (κ3) is 8.06. The Morgan fingerprint density at radius 3 is 1.36 bits per heavy atom. The molecule has 0 unspecified atom stereocenters. The van der Waals surface area contributed by atoms with Crippen LogP contribution in [0.2, 0.25) is 0 Å². The fraction of sp³-hybridized carbons (Fsp3) is 0.526. The number of aromatic carboxylic acids is 1. The molecule has 1 aromatic carbocycles. The molecule has 1 rings (SSSR count). The number of rotatable bonds is 3. The predicted molar refractivity (Wildman–Crippen MR) is 95.3 cm³/mol. The van der Waals surface area contributed by atoms with Gasteiger partial charge in [0.25, 0.3) is 0 Å². The Bertz CT molecular complexity index is 648. The highest BCUT2D eigenvalue weighted by Gasteiger charge is 2.30. The van der Waals surface area contributed by atoms with Gasteiger partial charge in [0, 0.05) is 0 Å². The van der Waals surface area contributed by atoms with Crippen molar-refractivity contribution >= 4 is 17.7 Å². The van der Waals surface area contributed by atoms with Gasteiger partial charge in [-0.25, -0.2) is 22.4 Å². The lowest BCUT2D eigenvalue weighted by Gasteiger charge is -2.20. The van der Waals surface area contributed by atoms with Crippen molar-refractivity contribution in [1.82, 2.24) is 0 Å². The number of halogens is 4. The Kier molecular flexibility index (Phi) is 11.3. The van der Waals surface area contributed by atoms with Crippen LogP contribution >= 0.6 is 0 Å². The summed E-state index contributed by atoms with van der Waals surface area (Å²) in [4.78, 5) is 32.0. The number of hydrogen-bond acceptors (Lipinski definition) is 4. The zero-order chi connectivity index (χ0) is 23.0. The molecule has 5 nitrogen and oxygen atoms in total. The molecular weight excluding hydrogens is 384 g/mol. The molecule has 0 amide bonds. The van der Waals surface area contributed by atoms with Crippen LogP contribution < -0.4 is 0 Å². The highest BCUT2D eigenvalue weighted by atomic mass is 19.2. The summed E-state index contributed by atoms with van der Waals surface area (Å²) in [5.41, 5.74) is -3.54. The molecule has 0 saturated carbocycles. The fourth-order valence-corrected chi connectivity index (χ4v) is 1.55. The molecule has 1 N–H and O–H groups in total. The van der Waals surface area contributed by atoms with Gasteiger partial charge in [-0.1, -0.05) is 27.7 Å². The number of esters is 1. The van der Waals surface area contributed by atoms with Crippen molar-refractivity contribution in [2.45, 2.75) is 61.0 Å². The van der Waals surface area contributed by atoms with Gasteiger partial charge in [-0.2, -0.15) is 0 Å². The molecule has 0 radical (unpaired) electrons. The Morgan fingerprint density at radius 1 is 0.857 bits per heavy atom. The summed E-state index contributed by atoms with van der Waals surface area (Å²) in [5.74, 6) is -11.8. The van der Waals surface area contributed by atoms with E-state index >= 15 is 0 Å². The second kappa shape index (κ2) is 11.4. The number of ether oxygens (including phenoxy) is 1. The molecule has 0 aromatic heterocycles. The molecule has 0 spiro atoms. The summed E-state index contributed by atoms with van der Waals surface area (Å²) in [6.45, 7) is 14.0. The molecule has 0 aliphatic rings. The van der Waals surface area contributed by atoms with E-state index in [1.807, 2.05) is 48.5 Å². The van der Waals surface area contributed by atoms with E-state index in [4.69, 9.17) is 9.84 Å². The lowest BCUT2D eigenvalue weighted by Crippen LogP contribution is -2.26. The first-order chi connectivity index (χ1) is 12.6. The largest absolute Gasteiger partial charge is 0.477 e. The molecule has 1 aromatic rings. The van der Waals surface area contributed by atoms with Crippen molar-refractivity contribution in [3.05, 3.63) is 34.4 Å². The number of ketones is 1. The number of carbonyl (C=O) groups is 3. The van der Waals surface area contributed by atoms with Crippen LogP contribution in [0.25, 0.3) is 0 Å². The van der Waals surface area contributed by atoms with Crippen LogP contribution in [0, 0.1) is 29.2 Å². The molecular formula is C19H26F4O5. The van der Waals surface area contributed by atoms with Crippen LogP contribution in [0.4, 0.5) is 17.6 Å². The molecule has 0 aliphatic heterocycles. The quantitative estimate of drug-likeness (QED) is 0.322. The maximum absolute atomic E-state index is 13.0. The van der Waals surface area contributed by atoms with Crippen LogP contribution in [-0.4, -0.2) is 28.4 Å². The lowest BCUT2D eigenvalue weighted by atomic mass is 10.1. The van der Waals surface area contributed by atoms with Crippen molar-refractivity contribution in [2.24, 2.45) is 5.92 Å². The number of Topliss-reactive ketones (excluding diaryl/α,β-unsaturated/α-hetero) is 1. The first-order valence-corrected chi connectivity index (χ1v) is 8.44. The Hall–Kier alpha value is -2.45. The zero-order valence-corrected chi connectivity index (χ0v) is 17.2. The molecule has 0 aliphatic carbocycles. The predicted octanol–water partition coefficient (Wildman–Crippen LogP) is 5.15. The van der Waals surface area contributed by atoms with Gasteiger partial charge in [0.15, 0.2) is 29.1 Å². The Morgan fingerprint density at radius 2 is 1.18 bits per heavy atom. The fourth-order valence-electron chi connectivity index (χ4n) is 1.55. The summed E-state index contributed by atoms with van der Waals surface area (Å²) in [6, 6.07) is 0. The lowest BCUT2D eigenvalue weighted by molar-refractivity contribution is -0.158. The molecule has 0 saturated heterocycles. The standard InChI is InChI=1S/C9H4F4O3.C8H16O2.C2H6/c1-2(14)3-5(10)7(12)4(9(15)16)8(13)6(3)11;1-6(2)7(9)10-8(3,4)5;1-2/h1H3,(H,15,16);6H,1-5H3;1-2H3. The number of benzene rings is 1. The second-order valence-corrected chi connectivity index (χ2v) is 6.56. The normalized spacial score (nSPS) is 10.3. The third-order valence-electron chi connectivity index (χ3n) is 2.71.